The first kappa shape index (κ1) is 20.7. The van der Waals surface area contributed by atoms with Gasteiger partial charge in [0.15, 0.2) is 5.78 Å². The fraction of sp³-hybridized carbons (Fsp3) is 0.320. The number of phenols is 2. The van der Waals surface area contributed by atoms with Crippen molar-refractivity contribution < 1.29 is 19.7 Å². The Morgan fingerprint density at radius 2 is 1.86 bits per heavy atom. The second kappa shape index (κ2) is 8.56. The number of rotatable bonds is 5. The van der Waals surface area contributed by atoms with E-state index < -0.39 is 6.10 Å². The molecular formula is C25H28O4. The van der Waals surface area contributed by atoms with E-state index in [1.165, 1.54) is 11.6 Å². The third-order valence-corrected chi connectivity index (χ3v) is 5.47. The molecule has 0 unspecified atom stereocenters. The number of allylic oxidation sites excluding steroid dienone is 4. The summed E-state index contributed by atoms with van der Waals surface area (Å²) in [4.78, 5) is 12.9. The summed E-state index contributed by atoms with van der Waals surface area (Å²) < 4.78 is 6.27. The number of hydrogen-bond donors (Lipinski definition) is 2. The number of phenolic OH excluding ortho intramolecular Hbond substituents is 2. The van der Waals surface area contributed by atoms with Gasteiger partial charge in [-0.2, -0.15) is 0 Å². The van der Waals surface area contributed by atoms with E-state index in [1.54, 1.807) is 0 Å². The fourth-order valence-corrected chi connectivity index (χ4v) is 3.77. The van der Waals surface area contributed by atoms with Gasteiger partial charge in [-0.05, 0) is 39.7 Å². The Kier molecular flexibility index (Phi) is 6.12. The van der Waals surface area contributed by atoms with E-state index in [1.807, 2.05) is 64.1 Å². The number of carbonyl (C=O) groups excluding carboxylic acids is 1. The average Bonchev–Trinajstić information content (AvgIpc) is 2.69. The summed E-state index contributed by atoms with van der Waals surface area (Å²) >= 11 is 0. The summed E-state index contributed by atoms with van der Waals surface area (Å²) in [6.45, 7) is 8.01. The summed E-state index contributed by atoms with van der Waals surface area (Å²) in [7, 11) is 0. The van der Waals surface area contributed by atoms with Crippen LogP contribution in [0, 0.1) is 0 Å². The molecule has 4 heteroatoms. The number of benzene rings is 2. The van der Waals surface area contributed by atoms with Crippen molar-refractivity contribution in [3.05, 3.63) is 76.4 Å². The first-order chi connectivity index (χ1) is 13.8. The maximum atomic E-state index is 12.9. The van der Waals surface area contributed by atoms with Crippen molar-refractivity contribution in [3.8, 4) is 17.2 Å². The van der Waals surface area contributed by atoms with Crippen LogP contribution in [0.5, 0.6) is 17.2 Å². The minimum atomic E-state index is -0.453. The van der Waals surface area contributed by atoms with Gasteiger partial charge < -0.3 is 14.9 Å². The van der Waals surface area contributed by atoms with Gasteiger partial charge in [-0.25, -0.2) is 0 Å². The highest BCUT2D eigenvalue weighted by Gasteiger charge is 2.35. The molecule has 2 aromatic carbocycles. The fourth-order valence-electron chi connectivity index (χ4n) is 3.77. The molecule has 152 valence electrons. The van der Waals surface area contributed by atoms with Crippen LogP contribution < -0.4 is 4.74 Å². The predicted molar refractivity (Wildman–Crippen MR) is 115 cm³/mol. The highest BCUT2D eigenvalue weighted by Crippen LogP contribution is 2.50. The monoisotopic (exact) mass is 392 g/mol. The number of carbonyl (C=O) groups is 1. The summed E-state index contributed by atoms with van der Waals surface area (Å²) in [5.41, 5.74) is 3.84. The van der Waals surface area contributed by atoms with Crippen molar-refractivity contribution in [2.24, 2.45) is 0 Å². The Balaban J connectivity index is 2.18. The third-order valence-electron chi connectivity index (χ3n) is 5.47. The van der Waals surface area contributed by atoms with Crippen molar-refractivity contribution in [2.75, 3.05) is 0 Å². The number of Topliss-reactive ketones (excluding diaryl/α,β-unsaturated/α-hetero) is 1. The third kappa shape index (κ3) is 4.21. The smallest absolute Gasteiger partial charge is 0.174 e. The Bertz CT molecular complexity index is 966. The minimum Gasteiger partial charge on any atom is -0.507 e. The van der Waals surface area contributed by atoms with Gasteiger partial charge in [0.25, 0.3) is 0 Å². The number of aromatic hydroxyl groups is 2. The van der Waals surface area contributed by atoms with E-state index in [0.717, 1.165) is 11.1 Å². The predicted octanol–water partition coefficient (Wildman–Crippen LogP) is 6.21. The van der Waals surface area contributed by atoms with Crippen LogP contribution in [-0.4, -0.2) is 16.0 Å². The van der Waals surface area contributed by atoms with Crippen molar-refractivity contribution in [3.63, 3.8) is 0 Å². The van der Waals surface area contributed by atoms with Gasteiger partial charge in [0.1, 0.15) is 28.9 Å². The molecule has 3 rings (SSSR count). The number of hydrogen-bond acceptors (Lipinski definition) is 4. The highest BCUT2D eigenvalue weighted by molar-refractivity contribution is 6.03. The zero-order valence-electron chi connectivity index (χ0n) is 17.4. The van der Waals surface area contributed by atoms with Crippen LogP contribution in [0.3, 0.4) is 0 Å². The highest BCUT2D eigenvalue weighted by atomic mass is 16.5. The van der Waals surface area contributed by atoms with Gasteiger partial charge in [0, 0.05) is 17.5 Å². The van der Waals surface area contributed by atoms with E-state index >= 15 is 0 Å². The number of ketones is 1. The second-order valence-electron chi connectivity index (χ2n) is 7.78. The molecule has 0 amide bonds. The molecule has 0 spiro atoms. The average molecular weight is 392 g/mol. The van der Waals surface area contributed by atoms with E-state index in [9.17, 15) is 15.0 Å². The Morgan fingerprint density at radius 1 is 1.17 bits per heavy atom. The standard InChI is InChI=1S/C25H28O4/c1-5-16(4)18(12-11-15(2)3)23-19(26)13-20(27)24-21(28)14-22(29-25(23)24)17-9-7-6-8-10-17/h5-11,13,18,22,26-27H,12,14H2,1-4H3/b16-5+/t18-,22-/m0/s1. The lowest BCUT2D eigenvalue weighted by molar-refractivity contribution is 0.0841. The van der Waals surface area contributed by atoms with E-state index in [4.69, 9.17) is 4.74 Å². The maximum Gasteiger partial charge on any atom is 0.174 e. The van der Waals surface area contributed by atoms with Crippen LogP contribution in [0.15, 0.2) is 59.7 Å². The van der Waals surface area contributed by atoms with Gasteiger partial charge in [0.05, 0.1) is 6.42 Å². The Labute approximate surface area is 172 Å². The lowest BCUT2D eigenvalue weighted by atomic mass is 9.83. The molecule has 0 aliphatic carbocycles. The molecule has 1 aliphatic rings. The van der Waals surface area contributed by atoms with Gasteiger partial charge in [0.2, 0.25) is 0 Å². The number of ether oxygens (including phenoxy) is 1. The van der Waals surface area contributed by atoms with Gasteiger partial charge >= 0.3 is 0 Å². The zero-order valence-corrected chi connectivity index (χ0v) is 17.4. The van der Waals surface area contributed by atoms with Gasteiger partial charge in [-0.1, -0.05) is 53.6 Å². The molecule has 0 saturated carbocycles. The quantitative estimate of drug-likeness (QED) is 0.594. The molecule has 2 aromatic rings. The molecule has 4 nitrogen and oxygen atoms in total. The summed E-state index contributed by atoms with van der Waals surface area (Å²) in [6.07, 6.45) is 4.47. The summed E-state index contributed by atoms with van der Waals surface area (Å²) in [5.74, 6) is -0.349. The molecule has 1 aliphatic heterocycles. The van der Waals surface area contributed by atoms with Crippen LogP contribution in [0.2, 0.25) is 0 Å². The Hall–Kier alpha value is -3.01. The first-order valence-corrected chi connectivity index (χ1v) is 9.93. The summed E-state index contributed by atoms with van der Waals surface area (Å²) in [6, 6.07) is 10.8. The Morgan fingerprint density at radius 3 is 2.48 bits per heavy atom. The van der Waals surface area contributed by atoms with Crippen molar-refractivity contribution >= 4 is 5.78 Å². The number of fused-ring (bicyclic) bond motifs is 1. The molecule has 1 heterocycles. The normalized spacial score (nSPS) is 17.3. The lowest BCUT2D eigenvalue weighted by Gasteiger charge is -2.31. The van der Waals surface area contributed by atoms with Crippen molar-refractivity contribution in [2.45, 2.75) is 52.6 Å². The van der Waals surface area contributed by atoms with Gasteiger partial charge in [-0.3, -0.25) is 4.79 Å². The molecule has 2 atom stereocenters. The lowest BCUT2D eigenvalue weighted by Crippen LogP contribution is -2.22. The molecule has 2 N–H and O–H groups in total. The van der Waals surface area contributed by atoms with Gasteiger partial charge in [-0.15, -0.1) is 0 Å². The van der Waals surface area contributed by atoms with Crippen molar-refractivity contribution in [1.82, 2.24) is 0 Å². The molecule has 0 fully saturated rings. The first-order valence-electron chi connectivity index (χ1n) is 9.93. The molecular weight excluding hydrogens is 364 g/mol. The molecule has 0 saturated heterocycles. The van der Waals surface area contributed by atoms with E-state index in [0.29, 0.717) is 17.7 Å². The minimum absolute atomic E-state index is 0.0592. The summed E-state index contributed by atoms with van der Waals surface area (Å²) in [5, 5.41) is 21.2. The molecule has 0 aromatic heterocycles. The topological polar surface area (TPSA) is 66.8 Å². The maximum absolute atomic E-state index is 12.9. The largest absolute Gasteiger partial charge is 0.507 e. The second-order valence-corrected chi connectivity index (χ2v) is 7.78. The van der Waals surface area contributed by atoms with Crippen LogP contribution >= 0.6 is 0 Å². The zero-order chi connectivity index (χ0) is 21.1. The van der Waals surface area contributed by atoms with Crippen LogP contribution in [0.25, 0.3) is 0 Å². The van der Waals surface area contributed by atoms with Crippen LogP contribution in [0.4, 0.5) is 0 Å². The van der Waals surface area contributed by atoms with Crippen LogP contribution in [-0.2, 0) is 0 Å². The van der Waals surface area contributed by atoms with Crippen LogP contribution in [0.1, 0.15) is 74.0 Å². The van der Waals surface area contributed by atoms with Crippen molar-refractivity contribution in [1.29, 1.82) is 0 Å². The molecule has 29 heavy (non-hydrogen) atoms. The SMILES string of the molecule is C/C=C(\C)[C@H](CC=C(C)C)c1c(O)cc(O)c2c1O[C@H](c1ccccc1)CC2=O. The molecule has 0 bridgehead atoms. The van der Waals surface area contributed by atoms with E-state index in [2.05, 4.69) is 6.08 Å². The van der Waals surface area contributed by atoms with E-state index in [-0.39, 0.29) is 35.2 Å². The molecule has 0 radical (unpaired) electrons.